The van der Waals surface area contributed by atoms with Gasteiger partial charge in [0.1, 0.15) is 0 Å². The first-order valence-corrected chi connectivity index (χ1v) is 6.31. The Labute approximate surface area is 101 Å². The molecule has 1 aromatic carbocycles. The Morgan fingerprint density at radius 2 is 1.88 bits per heavy atom. The molecule has 1 unspecified atom stereocenters. The highest BCUT2D eigenvalue weighted by atomic mass is 16.1. The zero-order chi connectivity index (χ0) is 12.5. The van der Waals surface area contributed by atoms with Gasteiger partial charge in [-0.3, -0.25) is 0 Å². The van der Waals surface area contributed by atoms with Crippen LogP contribution >= 0.6 is 0 Å². The van der Waals surface area contributed by atoms with Gasteiger partial charge in [-0.25, -0.2) is 4.79 Å². The SMILES string of the molecule is CCCC(C)(CC)c1ccc2[nH]c(=O)[nH]c2c1. The van der Waals surface area contributed by atoms with E-state index in [4.69, 9.17) is 0 Å². The van der Waals surface area contributed by atoms with Crippen LogP contribution in [-0.4, -0.2) is 9.97 Å². The minimum atomic E-state index is -0.133. The predicted octanol–water partition coefficient (Wildman–Crippen LogP) is 3.32. The number of H-pyrrole nitrogens is 2. The van der Waals surface area contributed by atoms with Gasteiger partial charge < -0.3 is 9.97 Å². The zero-order valence-electron chi connectivity index (χ0n) is 10.8. The first kappa shape index (κ1) is 12.0. The minimum absolute atomic E-state index is 0.133. The summed E-state index contributed by atoms with van der Waals surface area (Å²) < 4.78 is 0. The molecule has 0 aliphatic heterocycles. The number of hydrogen-bond donors (Lipinski definition) is 2. The lowest BCUT2D eigenvalue weighted by Gasteiger charge is -2.28. The minimum Gasteiger partial charge on any atom is -0.306 e. The maximum Gasteiger partial charge on any atom is 0.323 e. The van der Waals surface area contributed by atoms with E-state index in [2.05, 4.69) is 42.9 Å². The maximum atomic E-state index is 11.2. The van der Waals surface area contributed by atoms with Gasteiger partial charge in [0.2, 0.25) is 0 Å². The molecule has 0 fully saturated rings. The summed E-state index contributed by atoms with van der Waals surface area (Å²) in [4.78, 5) is 16.8. The van der Waals surface area contributed by atoms with E-state index in [0.717, 1.165) is 17.5 Å². The highest BCUT2D eigenvalue weighted by molar-refractivity contribution is 5.75. The Morgan fingerprint density at radius 3 is 2.53 bits per heavy atom. The van der Waals surface area contributed by atoms with Crippen molar-refractivity contribution >= 4 is 11.0 Å². The summed E-state index contributed by atoms with van der Waals surface area (Å²) in [5.74, 6) is 0. The molecular weight excluding hydrogens is 212 g/mol. The van der Waals surface area contributed by atoms with Crippen molar-refractivity contribution in [2.45, 2.75) is 45.4 Å². The lowest BCUT2D eigenvalue weighted by atomic mass is 9.76. The number of nitrogens with one attached hydrogen (secondary N) is 2. The second-order valence-corrected chi connectivity index (χ2v) is 5.00. The molecule has 2 rings (SSSR count). The molecule has 0 spiro atoms. The average molecular weight is 232 g/mol. The number of benzene rings is 1. The van der Waals surface area contributed by atoms with Crippen molar-refractivity contribution in [3.05, 3.63) is 34.2 Å². The predicted molar refractivity (Wildman–Crippen MR) is 71.5 cm³/mol. The summed E-state index contributed by atoms with van der Waals surface area (Å²) in [5, 5.41) is 0. The summed E-state index contributed by atoms with van der Waals surface area (Å²) in [6.45, 7) is 6.73. The molecule has 92 valence electrons. The van der Waals surface area contributed by atoms with Crippen LogP contribution in [-0.2, 0) is 5.41 Å². The molecule has 0 saturated heterocycles. The van der Waals surface area contributed by atoms with Gasteiger partial charge in [0.25, 0.3) is 0 Å². The van der Waals surface area contributed by atoms with Crippen molar-refractivity contribution < 1.29 is 0 Å². The van der Waals surface area contributed by atoms with E-state index in [-0.39, 0.29) is 11.1 Å². The van der Waals surface area contributed by atoms with Crippen LogP contribution in [0.1, 0.15) is 45.6 Å². The third-order valence-corrected chi connectivity index (χ3v) is 3.79. The molecule has 2 N–H and O–H groups in total. The fourth-order valence-corrected chi connectivity index (χ4v) is 2.48. The van der Waals surface area contributed by atoms with E-state index >= 15 is 0 Å². The lowest BCUT2D eigenvalue weighted by Crippen LogP contribution is -2.20. The van der Waals surface area contributed by atoms with Crippen LogP contribution in [0.15, 0.2) is 23.0 Å². The molecule has 1 heterocycles. The van der Waals surface area contributed by atoms with Crippen LogP contribution in [0.3, 0.4) is 0 Å². The van der Waals surface area contributed by atoms with E-state index in [1.54, 1.807) is 0 Å². The van der Waals surface area contributed by atoms with E-state index in [9.17, 15) is 4.79 Å². The van der Waals surface area contributed by atoms with E-state index < -0.39 is 0 Å². The first-order valence-electron chi connectivity index (χ1n) is 6.31. The Kier molecular flexibility index (Phi) is 3.09. The smallest absolute Gasteiger partial charge is 0.306 e. The van der Waals surface area contributed by atoms with Gasteiger partial charge in [-0.05, 0) is 36.0 Å². The molecule has 1 aromatic heterocycles. The zero-order valence-corrected chi connectivity index (χ0v) is 10.8. The fraction of sp³-hybridized carbons (Fsp3) is 0.500. The van der Waals surface area contributed by atoms with Gasteiger partial charge in [-0.1, -0.05) is 33.3 Å². The second-order valence-electron chi connectivity index (χ2n) is 5.00. The standard InChI is InChI=1S/C14H20N2O/c1-4-8-14(3,5-2)10-6-7-11-12(9-10)16-13(17)15-11/h6-7,9H,4-5,8H2,1-3H3,(H2,15,16,17). The molecule has 0 radical (unpaired) electrons. The molecule has 1 atom stereocenters. The highest BCUT2D eigenvalue weighted by Crippen LogP contribution is 2.33. The molecule has 17 heavy (non-hydrogen) atoms. The fourth-order valence-electron chi connectivity index (χ4n) is 2.48. The number of imidazole rings is 1. The van der Waals surface area contributed by atoms with Gasteiger partial charge in [0.05, 0.1) is 11.0 Å². The number of aromatic amines is 2. The topological polar surface area (TPSA) is 48.6 Å². The third kappa shape index (κ3) is 2.14. The molecule has 0 saturated carbocycles. The lowest BCUT2D eigenvalue weighted by molar-refractivity contribution is 0.414. The normalized spacial score (nSPS) is 15.0. The van der Waals surface area contributed by atoms with Gasteiger partial charge in [-0.2, -0.15) is 0 Å². The summed E-state index contributed by atoms with van der Waals surface area (Å²) in [7, 11) is 0. The molecule has 3 heteroatoms. The van der Waals surface area contributed by atoms with Crippen molar-refractivity contribution in [3.8, 4) is 0 Å². The van der Waals surface area contributed by atoms with Gasteiger partial charge in [0.15, 0.2) is 0 Å². The van der Waals surface area contributed by atoms with Gasteiger partial charge in [-0.15, -0.1) is 0 Å². The first-order chi connectivity index (χ1) is 8.09. The van der Waals surface area contributed by atoms with Crippen LogP contribution < -0.4 is 5.69 Å². The maximum absolute atomic E-state index is 11.2. The molecule has 0 aliphatic rings. The van der Waals surface area contributed by atoms with Crippen molar-refractivity contribution in [1.82, 2.24) is 9.97 Å². The molecule has 3 nitrogen and oxygen atoms in total. The van der Waals surface area contributed by atoms with E-state index in [1.165, 1.54) is 18.4 Å². The summed E-state index contributed by atoms with van der Waals surface area (Å²) >= 11 is 0. The van der Waals surface area contributed by atoms with E-state index in [1.807, 2.05) is 6.07 Å². The van der Waals surface area contributed by atoms with Crippen LogP contribution in [0.4, 0.5) is 0 Å². The number of hydrogen-bond acceptors (Lipinski definition) is 1. The van der Waals surface area contributed by atoms with Crippen LogP contribution in [0, 0.1) is 0 Å². The number of rotatable bonds is 4. The summed E-state index contributed by atoms with van der Waals surface area (Å²) in [6.07, 6.45) is 3.46. The van der Waals surface area contributed by atoms with Crippen molar-refractivity contribution in [2.24, 2.45) is 0 Å². The van der Waals surface area contributed by atoms with Crippen LogP contribution in [0.2, 0.25) is 0 Å². The average Bonchev–Trinajstić information content (AvgIpc) is 2.68. The van der Waals surface area contributed by atoms with E-state index in [0.29, 0.717) is 0 Å². The third-order valence-electron chi connectivity index (χ3n) is 3.79. The van der Waals surface area contributed by atoms with Gasteiger partial charge in [0, 0.05) is 0 Å². The van der Waals surface area contributed by atoms with Crippen molar-refractivity contribution in [3.63, 3.8) is 0 Å². The Hall–Kier alpha value is -1.51. The molecule has 2 aromatic rings. The largest absolute Gasteiger partial charge is 0.323 e. The Balaban J connectivity index is 2.50. The molecule has 0 amide bonds. The van der Waals surface area contributed by atoms with Gasteiger partial charge >= 0.3 is 5.69 Å². The van der Waals surface area contributed by atoms with Crippen LogP contribution in [0.25, 0.3) is 11.0 Å². The Bertz CT molecular complexity index is 567. The Morgan fingerprint density at radius 1 is 1.18 bits per heavy atom. The molecular formula is C14H20N2O. The highest BCUT2D eigenvalue weighted by Gasteiger charge is 2.23. The summed E-state index contributed by atoms with van der Waals surface area (Å²) in [6, 6.07) is 6.23. The number of aromatic nitrogens is 2. The quantitative estimate of drug-likeness (QED) is 0.834. The monoisotopic (exact) mass is 232 g/mol. The van der Waals surface area contributed by atoms with Crippen LogP contribution in [0.5, 0.6) is 0 Å². The molecule has 0 aliphatic carbocycles. The van der Waals surface area contributed by atoms with Crippen molar-refractivity contribution in [1.29, 1.82) is 0 Å². The summed E-state index contributed by atoms with van der Waals surface area (Å²) in [5.41, 5.74) is 3.17. The second kappa shape index (κ2) is 4.40. The number of fused-ring (bicyclic) bond motifs is 1. The molecule has 0 bridgehead atoms. The van der Waals surface area contributed by atoms with Crippen molar-refractivity contribution in [2.75, 3.05) is 0 Å².